The molecule has 4 rings (SSSR count). The molecule has 0 radical (unpaired) electrons. The Morgan fingerprint density at radius 1 is 1.05 bits per heavy atom. The molecule has 1 unspecified atom stereocenters. The summed E-state index contributed by atoms with van der Waals surface area (Å²) in [6.07, 6.45) is 2.30. The first-order valence-electron chi connectivity index (χ1n) is 12.6. The molecule has 210 valence electrons. The third-order valence-corrected chi connectivity index (χ3v) is 6.67. The zero-order valence-corrected chi connectivity index (χ0v) is 23.4. The maximum atomic E-state index is 13.8. The molecular weight excluding hydrogens is 539 g/mol. The van der Waals surface area contributed by atoms with Gasteiger partial charge in [-0.1, -0.05) is 23.7 Å². The highest BCUT2D eigenvalue weighted by atomic mass is 35.5. The van der Waals surface area contributed by atoms with Gasteiger partial charge in [-0.3, -0.25) is 9.48 Å². The number of pyridine rings is 1. The fraction of sp³-hybridized carbons (Fsp3) is 0.310. The van der Waals surface area contributed by atoms with Crippen LogP contribution >= 0.6 is 11.6 Å². The molecule has 11 heteroatoms. The van der Waals surface area contributed by atoms with Gasteiger partial charge in [0.1, 0.15) is 23.0 Å². The van der Waals surface area contributed by atoms with Gasteiger partial charge in [-0.05, 0) is 61.4 Å². The number of Topliss-reactive ketones (excluding diaryl/α,β-unsaturated/α-hetero) is 1. The predicted octanol–water partition coefficient (Wildman–Crippen LogP) is 5.37. The van der Waals surface area contributed by atoms with Gasteiger partial charge < -0.3 is 19.3 Å². The normalized spacial score (nSPS) is 12.6. The van der Waals surface area contributed by atoms with E-state index in [4.69, 9.17) is 25.8 Å². The molecule has 4 aromatic rings. The van der Waals surface area contributed by atoms with Gasteiger partial charge in [-0.2, -0.15) is 0 Å². The van der Waals surface area contributed by atoms with Crippen LogP contribution in [0.3, 0.4) is 0 Å². The van der Waals surface area contributed by atoms with Crippen LogP contribution in [0.25, 0.3) is 11.3 Å². The van der Waals surface area contributed by atoms with Gasteiger partial charge in [0.2, 0.25) is 0 Å². The Hall–Kier alpha value is -4.02. The van der Waals surface area contributed by atoms with Crippen molar-refractivity contribution in [2.45, 2.75) is 31.8 Å². The second-order valence-corrected chi connectivity index (χ2v) is 9.56. The van der Waals surface area contributed by atoms with E-state index in [9.17, 15) is 14.3 Å². The van der Waals surface area contributed by atoms with Crippen molar-refractivity contribution in [2.24, 2.45) is 7.05 Å². The number of aliphatic hydroxyl groups is 1. The monoisotopic (exact) mass is 568 g/mol. The molecule has 0 bridgehead atoms. The topological polar surface area (TPSA) is 109 Å². The summed E-state index contributed by atoms with van der Waals surface area (Å²) in [7, 11) is 4.66. The minimum atomic E-state index is -1.79. The Morgan fingerprint density at radius 2 is 1.80 bits per heavy atom. The first-order valence-corrected chi connectivity index (χ1v) is 13.0. The van der Waals surface area contributed by atoms with Gasteiger partial charge in [0, 0.05) is 24.6 Å². The summed E-state index contributed by atoms with van der Waals surface area (Å²) in [4.78, 5) is 18.0. The summed E-state index contributed by atoms with van der Waals surface area (Å²) in [5, 5.41) is 20.0. The van der Waals surface area contributed by atoms with Crippen LogP contribution in [0, 0.1) is 5.82 Å². The minimum Gasteiger partial charge on any atom is -0.494 e. The molecule has 0 saturated carbocycles. The molecule has 0 amide bonds. The van der Waals surface area contributed by atoms with Crippen LogP contribution in [0.2, 0.25) is 5.02 Å². The molecule has 2 aromatic carbocycles. The van der Waals surface area contributed by atoms with Crippen molar-refractivity contribution in [1.29, 1.82) is 0 Å². The van der Waals surface area contributed by atoms with Crippen molar-refractivity contribution < 1.29 is 28.5 Å². The number of carbonyl (C=O) groups excluding carboxylic acids is 1. The van der Waals surface area contributed by atoms with E-state index in [1.807, 2.05) is 6.92 Å². The van der Waals surface area contributed by atoms with Gasteiger partial charge in [-0.25, -0.2) is 9.37 Å². The molecule has 40 heavy (non-hydrogen) atoms. The molecule has 0 aliphatic heterocycles. The SMILES string of the molecule is CCCOc1ccc(C(=O)CCC(O)(c2cn(C)nn2)c2ccc(OC)c(-c3ccc(F)c(Cl)c3)n2)cc1OC. The zero-order chi connectivity index (χ0) is 28.9. The van der Waals surface area contributed by atoms with E-state index in [1.165, 1.54) is 37.1 Å². The van der Waals surface area contributed by atoms with Gasteiger partial charge in [0.15, 0.2) is 22.9 Å². The lowest BCUT2D eigenvalue weighted by Crippen LogP contribution is -2.30. The third kappa shape index (κ3) is 6.08. The van der Waals surface area contributed by atoms with Crippen molar-refractivity contribution >= 4 is 17.4 Å². The van der Waals surface area contributed by atoms with Crippen LogP contribution in [0.1, 0.15) is 47.9 Å². The number of aryl methyl sites for hydroxylation is 1. The van der Waals surface area contributed by atoms with Gasteiger partial charge in [-0.15, -0.1) is 5.10 Å². The van der Waals surface area contributed by atoms with Crippen LogP contribution in [-0.2, 0) is 12.6 Å². The average Bonchev–Trinajstić information content (AvgIpc) is 3.42. The molecule has 2 heterocycles. The maximum Gasteiger partial charge on any atom is 0.163 e. The lowest BCUT2D eigenvalue weighted by atomic mass is 9.87. The van der Waals surface area contributed by atoms with Crippen molar-refractivity contribution in [1.82, 2.24) is 20.0 Å². The predicted molar refractivity (Wildman–Crippen MR) is 148 cm³/mol. The first-order chi connectivity index (χ1) is 19.2. The van der Waals surface area contributed by atoms with E-state index in [-0.39, 0.29) is 35.0 Å². The van der Waals surface area contributed by atoms with Crippen LogP contribution in [0.4, 0.5) is 4.39 Å². The number of rotatable bonds is 12. The largest absolute Gasteiger partial charge is 0.494 e. The lowest BCUT2D eigenvalue weighted by Gasteiger charge is -2.26. The van der Waals surface area contributed by atoms with Gasteiger partial charge in [0.05, 0.1) is 37.7 Å². The van der Waals surface area contributed by atoms with Crippen LogP contribution in [0.15, 0.2) is 54.7 Å². The molecule has 1 N–H and O–H groups in total. The molecule has 2 aromatic heterocycles. The number of aromatic nitrogens is 4. The summed E-state index contributed by atoms with van der Waals surface area (Å²) in [6.45, 7) is 2.52. The van der Waals surface area contributed by atoms with Crippen LogP contribution in [-0.4, -0.2) is 51.7 Å². The maximum absolute atomic E-state index is 13.8. The molecule has 0 spiro atoms. The number of hydrogen-bond acceptors (Lipinski definition) is 8. The summed E-state index contributed by atoms with van der Waals surface area (Å²) < 4.78 is 31.9. The Bertz CT molecular complexity index is 1510. The van der Waals surface area contributed by atoms with E-state index in [1.54, 1.807) is 43.6 Å². The van der Waals surface area contributed by atoms with Crippen molar-refractivity contribution in [3.8, 4) is 28.5 Å². The van der Waals surface area contributed by atoms with Gasteiger partial charge in [0.25, 0.3) is 0 Å². The van der Waals surface area contributed by atoms with E-state index < -0.39 is 11.4 Å². The zero-order valence-electron chi connectivity index (χ0n) is 22.6. The number of carbonyl (C=O) groups is 1. The van der Waals surface area contributed by atoms with E-state index in [0.717, 1.165) is 6.42 Å². The Kier molecular flexibility index (Phi) is 9.01. The van der Waals surface area contributed by atoms with Crippen molar-refractivity contribution in [3.63, 3.8) is 0 Å². The highest BCUT2D eigenvalue weighted by Gasteiger charge is 2.37. The number of ketones is 1. The van der Waals surface area contributed by atoms with E-state index >= 15 is 0 Å². The Morgan fingerprint density at radius 3 is 2.45 bits per heavy atom. The van der Waals surface area contributed by atoms with Crippen LogP contribution < -0.4 is 14.2 Å². The third-order valence-electron chi connectivity index (χ3n) is 6.38. The smallest absolute Gasteiger partial charge is 0.163 e. The molecular formula is C29H30ClFN4O5. The van der Waals surface area contributed by atoms with E-state index in [0.29, 0.717) is 40.7 Å². The summed E-state index contributed by atoms with van der Waals surface area (Å²) >= 11 is 6.02. The Labute approximate surface area is 236 Å². The van der Waals surface area contributed by atoms with Crippen molar-refractivity contribution in [2.75, 3.05) is 20.8 Å². The first kappa shape index (κ1) is 29.0. The fourth-order valence-electron chi connectivity index (χ4n) is 4.23. The molecule has 0 aliphatic carbocycles. The number of hydrogen-bond donors (Lipinski definition) is 1. The molecule has 0 fully saturated rings. The molecule has 1 atom stereocenters. The number of halogens is 2. The number of ether oxygens (including phenoxy) is 3. The Balaban J connectivity index is 1.69. The summed E-state index contributed by atoms with van der Waals surface area (Å²) in [5.74, 6) is 0.593. The molecule has 9 nitrogen and oxygen atoms in total. The van der Waals surface area contributed by atoms with Gasteiger partial charge >= 0.3 is 0 Å². The summed E-state index contributed by atoms with van der Waals surface area (Å²) in [6, 6.07) is 12.4. The average molecular weight is 569 g/mol. The number of nitrogens with zero attached hydrogens (tertiary/aromatic N) is 4. The molecule has 0 aliphatic rings. The standard InChI is InChI=1S/C29H30ClFN4O5/c1-5-14-40-23-9-7-18(16-25(23)39-4)22(36)12-13-29(37,27-17-35(2)34-33-27)26-11-10-24(38-3)28(32-26)19-6-8-21(31)20(30)15-19/h6-11,15-17,37H,5,12-14H2,1-4H3. The highest BCUT2D eigenvalue weighted by molar-refractivity contribution is 6.31. The van der Waals surface area contributed by atoms with Crippen LogP contribution in [0.5, 0.6) is 17.2 Å². The lowest BCUT2D eigenvalue weighted by molar-refractivity contribution is 0.0560. The number of methoxy groups -OCH3 is 2. The van der Waals surface area contributed by atoms with Crippen molar-refractivity contribution in [3.05, 3.63) is 82.5 Å². The second-order valence-electron chi connectivity index (χ2n) is 9.15. The molecule has 0 saturated heterocycles. The quantitative estimate of drug-likeness (QED) is 0.227. The second kappa shape index (κ2) is 12.4. The van der Waals surface area contributed by atoms with E-state index in [2.05, 4.69) is 15.3 Å². The minimum absolute atomic E-state index is 0.0448. The number of benzene rings is 2. The highest BCUT2D eigenvalue weighted by Crippen LogP contribution is 2.38. The summed E-state index contributed by atoms with van der Waals surface area (Å²) in [5.41, 5.74) is -0.139. The fourth-order valence-corrected chi connectivity index (χ4v) is 4.41.